The summed E-state index contributed by atoms with van der Waals surface area (Å²) in [7, 11) is 1.64. The highest BCUT2D eigenvalue weighted by atomic mass is 35.5. The Hall–Kier alpha value is -3.25. The van der Waals surface area contributed by atoms with Crippen LogP contribution in [0.15, 0.2) is 60.7 Å². The molecule has 7 heteroatoms. The van der Waals surface area contributed by atoms with Gasteiger partial charge in [0, 0.05) is 11.2 Å². The molecule has 0 unspecified atom stereocenters. The van der Waals surface area contributed by atoms with Gasteiger partial charge in [-0.25, -0.2) is 4.98 Å². The monoisotopic (exact) mass is 477 g/mol. The van der Waals surface area contributed by atoms with E-state index in [1.807, 2.05) is 78.1 Å². The quantitative estimate of drug-likeness (QED) is 0.450. The van der Waals surface area contributed by atoms with Gasteiger partial charge in [0.05, 0.1) is 36.9 Å². The zero-order chi connectivity index (χ0) is 23.8. The largest absolute Gasteiger partial charge is 0.495 e. The molecule has 2 aromatic carbocycles. The number of rotatable bonds is 4. The Morgan fingerprint density at radius 2 is 1.97 bits per heavy atom. The van der Waals surface area contributed by atoms with E-state index in [0.717, 1.165) is 41.8 Å². The molecule has 0 radical (unpaired) electrons. The molecule has 0 N–H and O–H groups in total. The molecule has 3 heterocycles. The lowest BCUT2D eigenvalue weighted by atomic mass is 9.87. The number of carbonyl (C=O) groups excluding carboxylic acids is 1. The lowest BCUT2D eigenvalue weighted by Crippen LogP contribution is -2.55. The topological polar surface area (TPSA) is 56.6 Å². The van der Waals surface area contributed by atoms with Crippen molar-refractivity contribution < 1.29 is 14.3 Å². The molecule has 0 bridgehead atoms. The van der Waals surface area contributed by atoms with Gasteiger partial charge < -0.3 is 18.9 Å². The molecule has 1 amide bonds. The van der Waals surface area contributed by atoms with Crippen LogP contribution in [-0.2, 0) is 9.53 Å². The molecule has 0 aliphatic carbocycles. The minimum absolute atomic E-state index is 0.0136. The normalized spacial score (nSPS) is 23.5. The van der Waals surface area contributed by atoms with Crippen molar-refractivity contribution in [1.29, 1.82) is 0 Å². The molecule has 2 aliphatic rings. The van der Waals surface area contributed by atoms with E-state index in [9.17, 15) is 4.79 Å². The molecule has 34 heavy (non-hydrogen) atoms. The number of amides is 1. The van der Waals surface area contributed by atoms with E-state index in [1.165, 1.54) is 0 Å². The van der Waals surface area contributed by atoms with Gasteiger partial charge >= 0.3 is 0 Å². The third-order valence-electron chi connectivity index (χ3n) is 6.72. The molecular formula is C27H28ClN3O3. The van der Waals surface area contributed by atoms with E-state index in [4.69, 9.17) is 21.1 Å². The number of imidazole rings is 1. The number of aryl methyl sites for hydroxylation is 1. The number of hydrogen-bond donors (Lipinski definition) is 0. The lowest BCUT2D eigenvalue weighted by Gasteiger charge is -2.48. The zero-order valence-corrected chi connectivity index (χ0v) is 20.3. The fraction of sp³-hybridized carbons (Fsp3) is 0.333. The maximum atomic E-state index is 13.7. The van der Waals surface area contributed by atoms with Crippen molar-refractivity contribution >= 4 is 23.6 Å². The molecular weight excluding hydrogens is 450 g/mol. The Balaban J connectivity index is 1.47. The third-order valence-corrected chi connectivity index (χ3v) is 6.97. The average molecular weight is 478 g/mol. The van der Waals surface area contributed by atoms with Crippen molar-refractivity contribution in [2.75, 3.05) is 7.11 Å². The predicted molar refractivity (Wildman–Crippen MR) is 132 cm³/mol. The Morgan fingerprint density at radius 1 is 1.18 bits per heavy atom. The fourth-order valence-corrected chi connectivity index (χ4v) is 5.17. The molecule has 2 fully saturated rings. The molecule has 5 rings (SSSR count). The first-order chi connectivity index (χ1) is 16.4. The van der Waals surface area contributed by atoms with Gasteiger partial charge in [-0.05, 0) is 74.6 Å². The van der Waals surface area contributed by atoms with Gasteiger partial charge in [-0.2, -0.15) is 0 Å². The van der Waals surface area contributed by atoms with Gasteiger partial charge in [-0.15, -0.1) is 0 Å². The lowest BCUT2D eigenvalue weighted by molar-refractivity contribution is -0.153. The molecule has 0 saturated carbocycles. The summed E-state index contributed by atoms with van der Waals surface area (Å²) in [5, 5.41) is 0.696. The van der Waals surface area contributed by atoms with Gasteiger partial charge in [-0.1, -0.05) is 29.8 Å². The van der Waals surface area contributed by atoms with Gasteiger partial charge in [0.25, 0.3) is 5.91 Å². The highest BCUT2D eigenvalue weighted by Crippen LogP contribution is 2.41. The van der Waals surface area contributed by atoms with Crippen LogP contribution in [0.2, 0.25) is 5.02 Å². The molecule has 2 saturated heterocycles. The standard InChI is InChI=1S/C27H28ClN3O3/c1-17-15-30(16-29-17)24-12-7-19(13-25(24)33-3)14-26-27(32)31-22(18(2)34-26)5-4-6-23(31)20-8-10-21(28)11-9-20/h7-16,18,22-23H,4-6H2,1-3H3/b26-14-/t18-,22+,23+/m0/s1. The van der Waals surface area contributed by atoms with E-state index in [-0.39, 0.29) is 24.1 Å². The second-order valence-corrected chi connectivity index (χ2v) is 9.40. The highest BCUT2D eigenvalue weighted by Gasteiger charge is 2.44. The SMILES string of the molecule is COc1cc(/C=C2\O[C@@H](C)[C@H]3CCC[C@H](c4ccc(Cl)cc4)N3C2=O)ccc1-n1cnc(C)c1. The van der Waals surface area contributed by atoms with Crippen molar-refractivity contribution in [3.8, 4) is 11.4 Å². The molecule has 3 aromatic rings. The van der Waals surface area contributed by atoms with E-state index < -0.39 is 0 Å². The first-order valence-corrected chi connectivity index (χ1v) is 12.0. The highest BCUT2D eigenvalue weighted by molar-refractivity contribution is 6.30. The molecule has 0 spiro atoms. The molecule has 6 nitrogen and oxygen atoms in total. The summed E-state index contributed by atoms with van der Waals surface area (Å²) in [6, 6.07) is 13.7. The van der Waals surface area contributed by atoms with Crippen LogP contribution in [0, 0.1) is 6.92 Å². The van der Waals surface area contributed by atoms with E-state index >= 15 is 0 Å². The maximum Gasteiger partial charge on any atom is 0.289 e. The first-order valence-electron chi connectivity index (χ1n) is 11.6. The number of aromatic nitrogens is 2. The Morgan fingerprint density at radius 3 is 2.68 bits per heavy atom. The van der Waals surface area contributed by atoms with Gasteiger partial charge in [-0.3, -0.25) is 4.79 Å². The second kappa shape index (κ2) is 9.18. The minimum Gasteiger partial charge on any atom is -0.495 e. The molecule has 1 aromatic heterocycles. The van der Waals surface area contributed by atoms with Crippen molar-refractivity contribution in [2.24, 2.45) is 0 Å². The third kappa shape index (κ3) is 4.18. The summed E-state index contributed by atoms with van der Waals surface area (Å²) in [5.74, 6) is 0.979. The fourth-order valence-electron chi connectivity index (χ4n) is 5.05. The van der Waals surface area contributed by atoms with E-state index in [2.05, 4.69) is 4.98 Å². The average Bonchev–Trinajstić information content (AvgIpc) is 3.28. The Kier molecular flexibility index (Phi) is 6.09. The van der Waals surface area contributed by atoms with Gasteiger partial charge in [0.1, 0.15) is 11.9 Å². The molecule has 3 atom stereocenters. The number of ether oxygens (including phenoxy) is 2. The molecule has 176 valence electrons. The maximum absolute atomic E-state index is 13.7. The number of piperidine rings is 1. The summed E-state index contributed by atoms with van der Waals surface area (Å²) in [4.78, 5) is 20.0. The summed E-state index contributed by atoms with van der Waals surface area (Å²) in [6.07, 6.45) is 8.35. The number of methoxy groups -OCH3 is 1. The number of fused-ring (bicyclic) bond motifs is 1. The summed E-state index contributed by atoms with van der Waals surface area (Å²) in [6.45, 7) is 3.99. The van der Waals surface area contributed by atoms with Crippen molar-refractivity contribution in [3.05, 3.63) is 82.6 Å². The number of hydrogen-bond acceptors (Lipinski definition) is 4. The smallest absolute Gasteiger partial charge is 0.289 e. The van der Waals surface area contributed by atoms with Crippen molar-refractivity contribution in [2.45, 2.75) is 51.3 Å². The van der Waals surface area contributed by atoms with Crippen LogP contribution in [0.3, 0.4) is 0 Å². The predicted octanol–water partition coefficient (Wildman–Crippen LogP) is 5.72. The Bertz CT molecular complexity index is 1230. The number of carbonyl (C=O) groups is 1. The van der Waals surface area contributed by atoms with Crippen LogP contribution in [-0.4, -0.2) is 39.6 Å². The van der Waals surface area contributed by atoms with Crippen LogP contribution in [0.25, 0.3) is 11.8 Å². The van der Waals surface area contributed by atoms with Crippen molar-refractivity contribution in [1.82, 2.24) is 14.5 Å². The van der Waals surface area contributed by atoms with Crippen LogP contribution in [0.4, 0.5) is 0 Å². The summed E-state index contributed by atoms with van der Waals surface area (Å²) >= 11 is 6.10. The van der Waals surface area contributed by atoms with E-state index in [1.54, 1.807) is 13.4 Å². The van der Waals surface area contributed by atoms with Gasteiger partial charge in [0.2, 0.25) is 0 Å². The second-order valence-electron chi connectivity index (χ2n) is 8.96. The molecule has 2 aliphatic heterocycles. The van der Waals surface area contributed by atoms with Crippen LogP contribution in [0.5, 0.6) is 5.75 Å². The van der Waals surface area contributed by atoms with Crippen LogP contribution >= 0.6 is 11.6 Å². The minimum atomic E-state index is -0.0888. The van der Waals surface area contributed by atoms with Gasteiger partial charge in [0.15, 0.2) is 5.76 Å². The summed E-state index contributed by atoms with van der Waals surface area (Å²) < 4.78 is 13.7. The number of halogens is 1. The number of benzene rings is 2. The number of morpholine rings is 1. The zero-order valence-electron chi connectivity index (χ0n) is 19.6. The van der Waals surface area contributed by atoms with Crippen LogP contribution < -0.4 is 4.74 Å². The van der Waals surface area contributed by atoms with Crippen LogP contribution in [0.1, 0.15) is 49.0 Å². The van der Waals surface area contributed by atoms with E-state index in [0.29, 0.717) is 16.5 Å². The van der Waals surface area contributed by atoms with Crippen molar-refractivity contribution in [3.63, 3.8) is 0 Å². The Labute approximate surface area is 204 Å². The summed E-state index contributed by atoms with van der Waals surface area (Å²) in [5.41, 5.74) is 3.76. The first kappa shape index (κ1) is 22.5. The number of nitrogens with zero attached hydrogens (tertiary/aromatic N) is 3.